The summed E-state index contributed by atoms with van der Waals surface area (Å²) < 4.78 is 26.3. The molecule has 1 aliphatic heterocycles. The number of anilines is 1. The number of carboxylic acids is 1. The Hall–Kier alpha value is -2.30. The summed E-state index contributed by atoms with van der Waals surface area (Å²) in [6.07, 6.45) is 1.71. The van der Waals surface area contributed by atoms with Crippen molar-refractivity contribution in [3.63, 3.8) is 0 Å². The Morgan fingerprint density at radius 2 is 1.80 bits per heavy atom. The quantitative estimate of drug-likeness (QED) is 0.817. The third-order valence-electron chi connectivity index (χ3n) is 3.76. The van der Waals surface area contributed by atoms with Gasteiger partial charge < -0.3 is 5.11 Å². The molecule has 1 aromatic heterocycles. The van der Waals surface area contributed by atoms with E-state index in [0.717, 1.165) is 24.2 Å². The lowest BCUT2D eigenvalue weighted by Crippen LogP contribution is -2.27. The van der Waals surface area contributed by atoms with Crippen molar-refractivity contribution in [2.45, 2.75) is 17.7 Å². The van der Waals surface area contributed by atoms with Gasteiger partial charge in [-0.1, -0.05) is 0 Å². The standard InChI is InChI=1S/C15H15N3O5S2/c19-13(17-15-16-12(9-24-15)14(20)21)10-3-5-11(6-4-10)25(22,23)18-7-1-2-8-18/h3-6,9H,1-2,7-8H2,(H,20,21)(H,16,17,19). The number of sulfonamides is 1. The number of nitrogens with one attached hydrogen (secondary N) is 1. The third kappa shape index (κ3) is 3.70. The number of nitrogens with zero attached hydrogens (tertiary/aromatic N) is 2. The van der Waals surface area contributed by atoms with E-state index in [1.54, 1.807) is 0 Å². The Balaban J connectivity index is 1.73. The molecule has 0 unspecified atom stereocenters. The molecule has 1 fully saturated rings. The predicted molar refractivity (Wildman–Crippen MR) is 91.5 cm³/mol. The number of rotatable bonds is 5. The smallest absolute Gasteiger partial charge is 0.355 e. The molecule has 25 heavy (non-hydrogen) atoms. The fourth-order valence-corrected chi connectivity index (χ4v) is 4.65. The van der Waals surface area contributed by atoms with Crippen molar-refractivity contribution in [2.24, 2.45) is 0 Å². The van der Waals surface area contributed by atoms with Gasteiger partial charge in [0.25, 0.3) is 5.91 Å². The summed E-state index contributed by atoms with van der Waals surface area (Å²) in [5, 5.41) is 12.8. The second kappa shape index (κ2) is 6.90. The van der Waals surface area contributed by atoms with E-state index in [0.29, 0.717) is 13.1 Å². The van der Waals surface area contributed by atoms with Gasteiger partial charge in [-0.3, -0.25) is 10.1 Å². The van der Waals surface area contributed by atoms with Crippen molar-refractivity contribution >= 4 is 38.4 Å². The van der Waals surface area contributed by atoms with Crippen LogP contribution in [0.2, 0.25) is 0 Å². The summed E-state index contributed by atoms with van der Waals surface area (Å²) in [5.41, 5.74) is 0.111. The van der Waals surface area contributed by atoms with Crippen LogP contribution in [0.3, 0.4) is 0 Å². The summed E-state index contributed by atoms with van der Waals surface area (Å²) in [7, 11) is -3.52. The first kappa shape index (κ1) is 17.5. The number of thiazole rings is 1. The zero-order chi connectivity index (χ0) is 18.0. The number of aromatic nitrogens is 1. The minimum absolute atomic E-state index is 0.146. The van der Waals surface area contributed by atoms with Gasteiger partial charge in [-0.05, 0) is 37.1 Å². The monoisotopic (exact) mass is 381 g/mol. The van der Waals surface area contributed by atoms with E-state index in [1.807, 2.05) is 0 Å². The van der Waals surface area contributed by atoms with Gasteiger partial charge in [0, 0.05) is 24.0 Å². The third-order valence-corrected chi connectivity index (χ3v) is 6.43. The van der Waals surface area contributed by atoms with Crippen molar-refractivity contribution in [1.29, 1.82) is 0 Å². The molecule has 0 bridgehead atoms. The van der Waals surface area contributed by atoms with Gasteiger partial charge in [0.2, 0.25) is 10.0 Å². The van der Waals surface area contributed by atoms with Crippen LogP contribution < -0.4 is 5.32 Å². The zero-order valence-electron chi connectivity index (χ0n) is 13.0. The molecule has 10 heteroatoms. The maximum atomic E-state index is 12.4. The lowest BCUT2D eigenvalue weighted by molar-refractivity contribution is 0.0691. The van der Waals surface area contributed by atoms with E-state index in [2.05, 4.69) is 10.3 Å². The van der Waals surface area contributed by atoms with Gasteiger partial charge in [0.05, 0.1) is 4.90 Å². The highest BCUT2D eigenvalue weighted by molar-refractivity contribution is 7.89. The van der Waals surface area contributed by atoms with Crippen LogP contribution in [0.15, 0.2) is 34.5 Å². The Kier molecular flexibility index (Phi) is 4.84. The molecule has 2 N–H and O–H groups in total. The van der Waals surface area contributed by atoms with Crippen LogP contribution in [-0.2, 0) is 10.0 Å². The van der Waals surface area contributed by atoms with Crippen molar-refractivity contribution in [3.8, 4) is 0 Å². The van der Waals surface area contributed by atoms with Gasteiger partial charge in [0.1, 0.15) is 0 Å². The number of aromatic carboxylic acids is 1. The minimum atomic E-state index is -3.52. The Morgan fingerprint density at radius 3 is 2.36 bits per heavy atom. The Bertz CT molecular complexity index is 900. The maximum absolute atomic E-state index is 12.4. The number of amides is 1. The number of hydrogen-bond acceptors (Lipinski definition) is 6. The number of hydrogen-bond donors (Lipinski definition) is 2. The maximum Gasteiger partial charge on any atom is 0.355 e. The molecular weight excluding hydrogens is 366 g/mol. The van der Waals surface area contributed by atoms with Crippen LogP contribution in [0.25, 0.3) is 0 Å². The Labute approximate surface area is 148 Å². The highest BCUT2D eigenvalue weighted by Crippen LogP contribution is 2.22. The van der Waals surface area contributed by atoms with E-state index in [4.69, 9.17) is 5.11 Å². The van der Waals surface area contributed by atoms with Crippen LogP contribution in [0.4, 0.5) is 5.13 Å². The van der Waals surface area contributed by atoms with Gasteiger partial charge in [-0.15, -0.1) is 11.3 Å². The van der Waals surface area contributed by atoms with E-state index in [-0.39, 0.29) is 21.3 Å². The predicted octanol–water partition coefficient (Wildman–Crippen LogP) is 1.88. The molecule has 1 saturated heterocycles. The molecule has 1 aliphatic rings. The molecule has 0 spiro atoms. The van der Waals surface area contributed by atoms with Gasteiger partial charge in [-0.2, -0.15) is 4.31 Å². The first-order valence-electron chi connectivity index (χ1n) is 7.48. The average Bonchev–Trinajstić information content (AvgIpc) is 3.27. The van der Waals surface area contributed by atoms with E-state index in [1.165, 1.54) is 34.0 Å². The largest absolute Gasteiger partial charge is 0.476 e. The minimum Gasteiger partial charge on any atom is -0.476 e. The normalized spacial score (nSPS) is 15.2. The molecule has 132 valence electrons. The zero-order valence-corrected chi connectivity index (χ0v) is 14.6. The number of carbonyl (C=O) groups is 2. The van der Waals surface area contributed by atoms with Gasteiger partial charge in [-0.25, -0.2) is 18.2 Å². The molecule has 0 aliphatic carbocycles. The van der Waals surface area contributed by atoms with Crippen LogP contribution in [0.5, 0.6) is 0 Å². The summed E-state index contributed by atoms with van der Waals surface area (Å²) >= 11 is 0.999. The second-order valence-electron chi connectivity index (χ2n) is 5.43. The molecular formula is C15H15N3O5S2. The summed E-state index contributed by atoms with van der Waals surface area (Å²) in [6.45, 7) is 1.03. The molecule has 0 atom stereocenters. The van der Waals surface area contributed by atoms with Gasteiger partial charge in [0.15, 0.2) is 10.8 Å². The molecule has 8 nitrogen and oxygen atoms in total. The van der Waals surface area contributed by atoms with E-state index in [9.17, 15) is 18.0 Å². The van der Waals surface area contributed by atoms with Crippen LogP contribution in [0, 0.1) is 0 Å². The fourth-order valence-electron chi connectivity index (χ4n) is 2.45. The summed E-state index contributed by atoms with van der Waals surface area (Å²) in [6, 6.07) is 5.63. The molecule has 0 radical (unpaired) electrons. The van der Waals surface area contributed by atoms with Crippen molar-refractivity contribution in [3.05, 3.63) is 40.9 Å². The average molecular weight is 381 g/mol. The number of benzene rings is 1. The number of carbonyl (C=O) groups excluding carboxylic acids is 1. The summed E-state index contributed by atoms with van der Waals surface area (Å²) in [5.74, 6) is -1.66. The lowest BCUT2D eigenvalue weighted by atomic mass is 10.2. The van der Waals surface area contributed by atoms with Crippen LogP contribution >= 0.6 is 11.3 Å². The SMILES string of the molecule is O=C(Nc1nc(C(=O)O)cs1)c1ccc(S(=O)(=O)N2CCCC2)cc1. The van der Waals surface area contributed by atoms with Crippen LogP contribution in [0.1, 0.15) is 33.7 Å². The van der Waals surface area contributed by atoms with E-state index < -0.39 is 21.9 Å². The topological polar surface area (TPSA) is 117 Å². The molecule has 3 rings (SSSR count). The highest BCUT2D eigenvalue weighted by atomic mass is 32.2. The molecule has 2 heterocycles. The van der Waals surface area contributed by atoms with Crippen molar-refractivity contribution < 1.29 is 23.1 Å². The van der Waals surface area contributed by atoms with E-state index >= 15 is 0 Å². The molecule has 1 aromatic carbocycles. The van der Waals surface area contributed by atoms with Crippen molar-refractivity contribution in [2.75, 3.05) is 18.4 Å². The van der Waals surface area contributed by atoms with Crippen molar-refractivity contribution in [1.82, 2.24) is 9.29 Å². The molecule has 1 amide bonds. The Morgan fingerprint density at radius 1 is 1.16 bits per heavy atom. The second-order valence-corrected chi connectivity index (χ2v) is 8.23. The molecule has 0 saturated carbocycles. The first-order valence-corrected chi connectivity index (χ1v) is 9.80. The van der Waals surface area contributed by atoms with Crippen LogP contribution in [-0.4, -0.2) is 47.8 Å². The lowest BCUT2D eigenvalue weighted by Gasteiger charge is -2.15. The van der Waals surface area contributed by atoms with Gasteiger partial charge >= 0.3 is 5.97 Å². The molecule has 2 aromatic rings. The first-order chi connectivity index (χ1) is 11.9. The number of carboxylic acid groups (broad SMARTS) is 1. The fraction of sp³-hybridized carbons (Fsp3) is 0.267. The summed E-state index contributed by atoms with van der Waals surface area (Å²) in [4.78, 5) is 26.9. The highest BCUT2D eigenvalue weighted by Gasteiger charge is 2.27.